The lowest BCUT2D eigenvalue weighted by Gasteiger charge is -2.07. The molecule has 1 heterocycles. The van der Waals surface area contributed by atoms with E-state index in [2.05, 4.69) is 21.2 Å². The van der Waals surface area contributed by atoms with Crippen LogP contribution < -0.4 is 5.32 Å². The molecule has 2 rings (SSSR count). The first kappa shape index (κ1) is 16.2. The number of nitrogens with one attached hydrogen (secondary N) is 1. The molecule has 0 saturated heterocycles. The monoisotopic (exact) mass is 369 g/mol. The van der Waals surface area contributed by atoms with E-state index >= 15 is 0 Å². The van der Waals surface area contributed by atoms with Crippen LogP contribution in [-0.2, 0) is 16.1 Å². The molecule has 0 spiro atoms. The second-order valence-electron chi connectivity index (χ2n) is 4.30. The summed E-state index contributed by atoms with van der Waals surface area (Å²) < 4.78 is 11.3. The van der Waals surface area contributed by atoms with E-state index in [0.29, 0.717) is 24.7 Å². The molecular formula is C15H16BrNO3S. The van der Waals surface area contributed by atoms with E-state index in [1.54, 1.807) is 13.2 Å². The fourth-order valence-corrected chi connectivity index (χ4v) is 2.98. The van der Waals surface area contributed by atoms with E-state index in [0.717, 1.165) is 15.0 Å². The fraction of sp³-hybridized carbons (Fsp3) is 0.267. The third-order valence-corrected chi connectivity index (χ3v) is 4.30. The largest absolute Gasteiger partial charge is 0.382 e. The number of methoxy groups -OCH3 is 1. The van der Waals surface area contributed by atoms with Gasteiger partial charge in [-0.1, -0.05) is 12.1 Å². The van der Waals surface area contributed by atoms with Crippen molar-refractivity contribution < 1.29 is 14.3 Å². The number of ether oxygens (including phenoxy) is 2. The van der Waals surface area contributed by atoms with Crippen LogP contribution in [0.15, 0.2) is 40.2 Å². The Morgan fingerprint density at radius 2 is 2.14 bits per heavy atom. The first-order chi connectivity index (χ1) is 10.2. The summed E-state index contributed by atoms with van der Waals surface area (Å²) in [5.74, 6) is -0.108. The predicted octanol–water partition coefficient (Wildman–Crippen LogP) is 3.93. The number of halogens is 1. The summed E-state index contributed by atoms with van der Waals surface area (Å²) in [5.41, 5.74) is 1.77. The quantitative estimate of drug-likeness (QED) is 0.752. The van der Waals surface area contributed by atoms with Crippen LogP contribution in [0.3, 0.4) is 0 Å². The Hall–Kier alpha value is -1.21. The predicted molar refractivity (Wildman–Crippen MR) is 87.9 cm³/mol. The van der Waals surface area contributed by atoms with Crippen LogP contribution in [0.5, 0.6) is 0 Å². The maximum Gasteiger partial charge on any atom is 0.265 e. The molecular weight excluding hydrogens is 354 g/mol. The number of hydrogen-bond acceptors (Lipinski definition) is 4. The summed E-state index contributed by atoms with van der Waals surface area (Å²) in [6, 6.07) is 11.3. The molecule has 1 amide bonds. The number of amides is 1. The molecule has 0 aliphatic rings. The average molecular weight is 370 g/mol. The van der Waals surface area contributed by atoms with Gasteiger partial charge in [0.05, 0.1) is 28.5 Å². The third-order valence-electron chi connectivity index (χ3n) is 2.68. The summed E-state index contributed by atoms with van der Waals surface area (Å²) in [4.78, 5) is 12.7. The second-order valence-corrected chi connectivity index (χ2v) is 6.77. The van der Waals surface area contributed by atoms with Crippen molar-refractivity contribution in [2.75, 3.05) is 25.6 Å². The van der Waals surface area contributed by atoms with Crippen molar-refractivity contribution in [1.29, 1.82) is 0 Å². The van der Waals surface area contributed by atoms with Gasteiger partial charge in [0.25, 0.3) is 5.91 Å². The van der Waals surface area contributed by atoms with Crippen molar-refractivity contribution in [2.45, 2.75) is 6.61 Å². The zero-order chi connectivity index (χ0) is 15.1. The Balaban J connectivity index is 1.92. The summed E-state index contributed by atoms with van der Waals surface area (Å²) in [7, 11) is 1.64. The van der Waals surface area contributed by atoms with Crippen molar-refractivity contribution in [3.63, 3.8) is 0 Å². The molecule has 1 aromatic heterocycles. The first-order valence-corrected chi connectivity index (χ1v) is 8.02. The highest BCUT2D eigenvalue weighted by molar-refractivity contribution is 9.11. The number of anilines is 1. The maximum absolute atomic E-state index is 12.1. The van der Waals surface area contributed by atoms with Gasteiger partial charge in [-0.05, 0) is 45.8 Å². The van der Waals surface area contributed by atoms with Gasteiger partial charge in [-0.2, -0.15) is 0 Å². The van der Waals surface area contributed by atoms with Crippen LogP contribution in [-0.4, -0.2) is 26.2 Å². The lowest BCUT2D eigenvalue weighted by molar-refractivity contribution is 0.0617. The van der Waals surface area contributed by atoms with E-state index in [1.165, 1.54) is 11.3 Å². The van der Waals surface area contributed by atoms with Gasteiger partial charge in [-0.25, -0.2) is 0 Å². The molecule has 1 aromatic carbocycles. The topological polar surface area (TPSA) is 47.6 Å². The maximum atomic E-state index is 12.1. The number of rotatable bonds is 7. The first-order valence-electron chi connectivity index (χ1n) is 6.41. The molecule has 0 aliphatic heterocycles. The molecule has 0 aliphatic carbocycles. The van der Waals surface area contributed by atoms with Gasteiger partial charge in [0.15, 0.2) is 0 Å². The molecule has 112 valence electrons. The van der Waals surface area contributed by atoms with Crippen LogP contribution in [0, 0.1) is 0 Å². The molecule has 21 heavy (non-hydrogen) atoms. The summed E-state index contributed by atoms with van der Waals surface area (Å²) >= 11 is 4.76. The van der Waals surface area contributed by atoms with Gasteiger partial charge >= 0.3 is 0 Å². The SMILES string of the molecule is COCCOCc1cccc(NC(=O)c2ccc(Br)s2)c1. The molecule has 0 atom stereocenters. The minimum absolute atomic E-state index is 0.108. The lowest BCUT2D eigenvalue weighted by atomic mass is 10.2. The van der Waals surface area contributed by atoms with E-state index in [1.807, 2.05) is 30.3 Å². The smallest absolute Gasteiger partial charge is 0.265 e. The molecule has 0 bridgehead atoms. The Bertz CT molecular complexity index is 600. The lowest BCUT2D eigenvalue weighted by Crippen LogP contribution is -2.10. The van der Waals surface area contributed by atoms with Crippen LogP contribution in [0.25, 0.3) is 0 Å². The normalized spacial score (nSPS) is 10.6. The highest BCUT2D eigenvalue weighted by Crippen LogP contribution is 2.23. The Kier molecular flexibility index (Phi) is 6.38. The van der Waals surface area contributed by atoms with Crippen molar-refractivity contribution in [3.05, 3.63) is 50.6 Å². The Morgan fingerprint density at radius 1 is 1.29 bits per heavy atom. The zero-order valence-electron chi connectivity index (χ0n) is 11.6. The van der Waals surface area contributed by atoms with Gasteiger partial charge < -0.3 is 14.8 Å². The van der Waals surface area contributed by atoms with Gasteiger partial charge in [0.2, 0.25) is 0 Å². The second kappa shape index (κ2) is 8.29. The van der Waals surface area contributed by atoms with E-state index < -0.39 is 0 Å². The summed E-state index contributed by atoms with van der Waals surface area (Å²) in [6.45, 7) is 1.62. The zero-order valence-corrected chi connectivity index (χ0v) is 14.0. The fourth-order valence-electron chi connectivity index (χ4n) is 1.70. The number of thiophene rings is 1. The van der Waals surface area contributed by atoms with Crippen LogP contribution in [0.2, 0.25) is 0 Å². The molecule has 0 unspecified atom stereocenters. The molecule has 1 N–H and O–H groups in total. The highest BCUT2D eigenvalue weighted by atomic mass is 79.9. The van der Waals surface area contributed by atoms with Gasteiger partial charge in [0.1, 0.15) is 0 Å². The molecule has 4 nitrogen and oxygen atoms in total. The van der Waals surface area contributed by atoms with Crippen LogP contribution in [0.1, 0.15) is 15.2 Å². The average Bonchev–Trinajstić information content (AvgIpc) is 2.91. The minimum atomic E-state index is -0.108. The molecule has 6 heteroatoms. The van der Waals surface area contributed by atoms with Crippen molar-refractivity contribution in [3.8, 4) is 0 Å². The molecule has 0 radical (unpaired) electrons. The minimum Gasteiger partial charge on any atom is -0.382 e. The van der Waals surface area contributed by atoms with Gasteiger partial charge in [-0.3, -0.25) is 4.79 Å². The van der Waals surface area contributed by atoms with Crippen molar-refractivity contribution >= 4 is 38.9 Å². The van der Waals surface area contributed by atoms with Crippen LogP contribution in [0.4, 0.5) is 5.69 Å². The summed E-state index contributed by atoms with van der Waals surface area (Å²) in [6.07, 6.45) is 0. The Morgan fingerprint density at radius 3 is 2.86 bits per heavy atom. The van der Waals surface area contributed by atoms with Gasteiger partial charge in [-0.15, -0.1) is 11.3 Å². The molecule has 0 saturated carbocycles. The molecule has 0 fully saturated rings. The molecule has 2 aromatic rings. The Labute approximate surface area is 136 Å². The number of carbonyl (C=O) groups excluding carboxylic acids is 1. The highest BCUT2D eigenvalue weighted by Gasteiger charge is 2.09. The number of benzene rings is 1. The van der Waals surface area contributed by atoms with E-state index in [9.17, 15) is 4.79 Å². The van der Waals surface area contributed by atoms with Crippen LogP contribution >= 0.6 is 27.3 Å². The number of hydrogen-bond donors (Lipinski definition) is 1. The van der Waals surface area contributed by atoms with Crippen molar-refractivity contribution in [1.82, 2.24) is 0 Å². The van der Waals surface area contributed by atoms with Gasteiger partial charge in [0, 0.05) is 12.8 Å². The van der Waals surface area contributed by atoms with E-state index in [-0.39, 0.29) is 5.91 Å². The standard InChI is InChI=1S/C15H16BrNO3S/c1-19-7-8-20-10-11-3-2-4-12(9-11)17-15(18)13-5-6-14(16)21-13/h2-6,9H,7-8,10H2,1H3,(H,17,18). The third kappa shape index (κ3) is 5.24. The summed E-state index contributed by atoms with van der Waals surface area (Å²) in [5, 5.41) is 2.88. The number of carbonyl (C=O) groups is 1. The van der Waals surface area contributed by atoms with E-state index in [4.69, 9.17) is 9.47 Å². The van der Waals surface area contributed by atoms with Crippen molar-refractivity contribution in [2.24, 2.45) is 0 Å².